The largest absolute Gasteiger partial charge is 0.493 e. The lowest BCUT2D eigenvalue weighted by Gasteiger charge is -2.16. The number of anilines is 1. The summed E-state index contributed by atoms with van der Waals surface area (Å²) in [5, 5.41) is 4.47. The Kier molecular flexibility index (Phi) is 6.99. The standard InChI is InChI=1S/C26H29N3O3S/c1-6-13-32-21-10-8-7-9-18(21)25-12-11-24(33-25)16(2)27-26-19-14-22(30-4)23(31-5)15-20(19)28-17(3)29-26/h7-12,14-16H,6,13H2,1-5H3,(H,27,28,29)/t16-/m0/s1. The van der Waals surface area contributed by atoms with Gasteiger partial charge in [0.25, 0.3) is 0 Å². The zero-order chi connectivity index (χ0) is 23.4. The number of aryl methyl sites for hydroxylation is 1. The number of ether oxygens (including phenoxy) is 3. The van der Waals surface area contributed by atoms with Crippen molar-refractivity contribution in [3.8, 4) is 27.7 Å². The quantitative estimate of drug-likeness (QED) is 0.300. The van der Waals surface area contributed by atoms with Crippen molar-refractivity contribution in [1.29, 1.82) is 0 Å². The first-order valence-electron chi connectivity index (χ1n) is 11.0. The maximum atomic E-state index is 5.96. The summed E-state index contributed by atoms with van der Waals surface area (Å²) in [5.74, 6) is 3.68. The fraction of sp³-hybridized carbons (Fsp3) is 0.308. The number of para-hydroxylation sites is 1. The molecular formula is C26H29N3O3S. The molecule has 2 aromatic carbocycles. The number of nitrogens with zero attached hydrogens (tertiary/aromatic N) is 2. The zero-order valence-corrected chi connectivity index (χ0v) is 20.5. The van der Waals surface area contributed by atoms with Gasteiger partial charge in [-0.2, -0.15) is 0 Å². The predicted molar refractivity (Wildman–Crippen MR) is 135 cm³/mol. The van der Waals surface area contributed by atoms with Gasteiger partial charge in [0, 0.05) is 26.8 Å². The van der Waals surface area contributed by atoms with Crippen molar-refractivity contribution >= 4 is 28.1 Å². The van der Waals surface area contributed by atoms with Gasteiger partial charge in [0.05, 0.1) is 32.4 Å². The summed E-state index contributed by atoms with van der Waals surface area (Å²) in [6.45, 7) is 6.85. The van der Waals surface area contributed by atoms with Crippen molar-refractivity contribution in [2.45, 2.75) is 33.2 Å². The molecule has 6 nitrogen and oxygen atoms in total. The molecule has 4 aromatic rings. The Labute approximate surface area is 198 Å². The molecule has 0 saturated carbocycles. The number of nitrogens with one attached hydrogen (secondary N) is 1. The van der Waals surface area contributed by atoms with E-state index in [-0.39, 0.29) is 6.04 Å². The highest BCUT2D eigenvalue weighted by molar-refractivity contribution is 7.15. The summed E-state index contributed by atoms with van der Waals surface area (Å²) in [6, 6.07) is 16.4. The predicted octanol–water partition coefficient (Wildman–Crippen LogP) is 6.65. The summed E-state index contributed by atoms with van der Waals surface area (Å²) in [5.41, 5.74) is 1.93. The Morgan fingerprint density at radius 3 is 2.48 bits per heavy atom. The second-order valence-electron chi connectivity index (χ2n) is 7.76. The Balaban J connectivity index is 1.64. The van der Waals surface area contributed by atoms with Gasteiger partial charge in [0.1, 0.15) is 17.4 Å². The average Bonchev–Trinajstić information content (AvgIpc) is 3.32. The van der Waals surface area contributed by atoms with E-state index in [1.807, 2.05) is 37.3 Å². The molecule has 1 N–H and O–H groups in total. The third-order valence-electron chi connectivity index (χ3n) is 5.33. The summed E-state index contributed by atoms with van der Waals surface area (Å²) < 4.78 is 16.9. The number of aromatic nitrogens is 2. The number of hydrogen-bond donors (Lipinski definition) is 1. The summed E-state index contributed by atoms with van der Waals surface area (Å²) in [4.78, 5) is 11.6. The van der Waals surface area contributed by atoms with E-state index in [1.54, 1.807) is 25.6 Å². The molecule has 0 radical (unpaired) electrons. The van der Waals surface area contributed by atoms with Gasteiger partial charge < -0.3 is 19.5 Å². The SMILES string of the molecule is CCCOc1ccccc1-c1ccc([C@H](C)Nc2nc(C)nc3cc(OC)c(OC)cc23)s1. The third-order valence-corrected chi connectivity index (χ3v) is 6.64. The van der Waals surface area contributed by atoms with E-state index < -0.39 is 0 Å². The molecule has 0 fully saturated rings. The minimum absolute atomic E-state index is 0.0538. The van der Waals surface area contributed by atoms with Gasteiger partial charge in [0.2, 0.25) is 0 Å². The summed E-state index contributed by atoms with van der Waals surface area (Å²) >= 11 is 1.75. The van der Waals surface area contributed by atoms with Gasteiger partial charge in [-0.25, -0.2) is 9.97 Å². The van der Waals surface area contributed by atoms with E-state index in [0.29, 0.717) is 23.9 Å². The van der Waals surface area contributed by atoms with E-state index in [0.717, 1.165) is 34.5 Å². The van der Waals surface area contributed by atoms with E-state index in [2.05, 4.69) is 47.3 Å². The molecule has 0 spiro atoms. The highest BCUT2D eigenvalue weighted by Gasteiger charge is 2.17. The van der Waals surface area contributed by atoms with Gasteiger partial charge in [-0.3, -0.25) is 0 Å². The fourth-order valence-electron chi connectivity index (χ4n) is 3.70. The van der Waals surface area contributed by atoms with E-state index in [4.69, 9.17) is 14.2 Å². The van der Waals surface area contributed by atoms with Crippen LogP contribution in [0, 0.1) is 6.92 Å². The molecule has 0 bridgehead atoms. The number of benzene rings is 2. The van der Waals surface area contributed by atoms with Gasteiger partial charge in [-0.1, -0.05) is 19.1 Å². The molecule has 0 unspecified atom stereocenters. The lowest BCUT2D eigenvalue weighted by Crippen LogP contribution is -2.08. The minimum atomic E-state index is 0.0538. The molecule has 0 amide bonds. The van der Waals surface area contributed by atoms with Crippen LogP contribution in [0.4, 0.5) is 5.82 Å². The van der Waals surface area contributed by atoms with Crippen LogP contribution in [-0.4, -0.2) is 30.8 Å². The zero-order valence-electron chi connectivity index (χ0n) is 19.6. The Morgan fingerprint density at radius 1 is 0.970 bits per heavy atom. The normalized spacial score (nSPS) is 11.9. The molecule has 4 rings (SSSR count). The van der Waals surface area contributed by atoms with Crippen LogP contribution in [0.2, 0.25) is 0 Å². The fourth-order valence-corrected chi connectivity index (χ4v) is 4.74. The maximum absolute atomic E-state index is 5.96. The molecule has 2 heterocycles. The van der Waals surface area contributed by atoms with Crippen LogP contribution in [0.5, 0.6) is 17.2 Å². The maximum Gasteiger partial charge on any atom is 0.162 e. The first-order valence-corrected chi connectivity index (χ1v) is 11.8. The van der Waals surface area contributed by atoms with Gasteiger partial charge in [-0.15, -0.1) is 11.3 Å². The molecule has 0 saturated heterocycles. The van der Waals surface area contributed by atoms with Crippen molar-refractivity contribution < 1.29 is 14.2 Å². The first-order chi connectivity index (χ1) is 16.0. The minimum Gasteiger partial charge on any atom is -0.493 e. The van der Waals surface area contributed by atoms with Crippen LogP contribution in [0.1, 0.15) is 37.0 Å². The number of fused-ring (bicyclic) bond motifs is 1. The number of thiophene rings is 1. The van der Waals surface area contributed by atoms with Crippen molar-refractivity contribution in [1.82, 2.24) is 9.97 Å². The van der Waals surface area contributed by atoms with Gasteiger partial charge >= 0.3 is 0 Å². The number of hydrogen-bond acceptors (Lipinski definition) is 7. The lowest BCUT2D eigenvalue weighted by molar-refractivity contribution is 0.319. The Morgan fingerprint density at radius 2 is 1.73 bits per heavy atom. The molecule has 7 heteroatoms. The van der Waals surface area contributed by atoms with Crippen LogP contribution in [0.25, 0.3) is 21.3 Å². The second-order valence-corrected chi connectivity index (χ2v) is 8.87. The highest BCUT2D eigenvalue weighted by atomic mass is 32.1. The average molecular weight is 464 g/mol. The van der Waals surface area contributed by atoms with Crippen molar-refractivity contribution in [3.63, 3.8) is 0 Å². The molecule has 172 valence electrons. The number of methoxy groups -OCH3 is 2. The van der Waals surface area contributed by atoms with E-state index >= 15 is 0 Å². The van der Waals surface area contributed by atoms with Crippen molar-refractivity contribution in [3.05, 3.63) is 59.2 Å². The smallest absolute Gasteiger partial charge is 0.162 e. The Hall–Kier alpha value is -3.32. The van der Waals surface area contributed by atoms with Crippen LogP contribution >= 0.6 is 11.3 Å². The molecular weight excluding hydrogens is 434 g/mol. The van der Waals surface area contributed by atoms with Crippen molar-refractivity contribution in [2.24, 2.45) is 0 Å². The number of rotatable bonds is 9. The Bertz CT molecular complexity index is 1250. The third kappa shape index (κ3) is 4.88. The summed E-state index contributed by atoms with van der Waals surface area (Å²) in [7, 11) is 3.25. The van der Waals surface area contributed by atoms with Gasteiger partial charge in [-0.05, 0) is 50.6 Å². The monoisotopic (exact) mass is 463 g/mol. The van der Waals surface area contributed by atoms with E-state index in [9.17, 15) is 0 Å². The van der Waals surface area contributed by atoms with Crippen molar-refractivity contribution in [2.75, 3.05) is 26.1 Å². The summed E-state index contributed by atoms with van der Waals surface area (Å²) in [6.07, 6.45) is 0.980. The van der Waals surface area contributed by atoms with Crippen LogP contribution in [0.15, 0.2) is 48.5 Å². The molecule has 0 aliphatic carbocycles. The van der Waals surface area contributed by atoms with Crippen LogP contribution in [-0.2, 0) is 0 Å². The lowest BCUT2D eigenvalue weighted by atomic mass is 10.1. The molecule has 0 aliphatic heterocycles. The molecule has 0 aliphatic rings. The highest BCUT2D eigenvalue weighted by Crippen LogP contribution is 2.39. The molecule has 1 atom stereocenters. The van der Waals surface area contributed by atoms with Crippen LogP contribution in [0.3, 0.4) is 0 Å². The first kappa shape index (κ1) is 22.9. The van der Waals surface area contributed by atoms with Crippen LogP contribution < -0.4 is 19.5 Å². The van der Waals surface area contributed by atoms with E-state index in [1.165, 1.54) is 9.75 Å². The second kappa shape index (κ2) is 10.1. The van der Waals surface area contributed by atoms with Gasteiger partial charge in [0.15, 0.2) is 11.5 Å². The molecule has 33 heavy (non-hydrogen) atoms. The molecule has 2 aromatic heterocycles. The topological polar surface area (TPSA) is 65.5 Å².